The van der Waals surface area contributed by atoms with Gasteiger partial charge in [0, 0.05) is 15.6 Å². The van der Waals surface area contributed by atoms with E-state index in [1.165, 1.54) is 7.11 Å². The molecule has 1 amide bonds. The van der Waals surface area contributed by atoms with Gasteiger partial charge in [0.05, 0.1) is 19.4 Å². The number of thioether (sulfide) groups is 1. The van der Waals surface area contributed by atoms with Gasteiger partial charge in [-0.25, -0.2) is 0 Å². The molecule has 29 heavy (non-hydrogen) atoms. The maximum absolute atomic E-state index is 12.6. The number of hydrogen-bond donors (Lipinski definition) is 1. The fourth-order valence-electron chi connectivity index (χ4n) is 3.23. The van der Waals surface area contributed by atoms with Crippen LogP contribution in [0.15, 0.2) is 58.5 Å². The summed E-state index contributed by atoms with van der Waals surface area (Å²) in [6.45, 7) is 2.06. The van der Waals surface area contributed by atoms with E-state index in [0.29, 0.717) is 16.4 Å². The molecular formula is C21H22ClN3O3S. The highest BCUT2D eigenvalue weighted by atomic mass is 35.5. The van der Waals surface area contributed by atoms with Crippen molar-refractivity contribution in [2.45, 2.75) is 11.8 Å². The molecule has 1 aliphatic rings. The second-order valence-corrected chi connectivity index (χ2v) is 8.19. The molecule has 0 radical (unpaired) electrons. The first-order valence-corrected chi connectivity index (χ1v) is 10.6. The van der Waals surface area contributed by atoms with Crippen LogP contribution in [0, 0.1) is 5.41 Å². The van der Waals surface area contributed by atoms with Gasteiger partial charge in [-0.3, -0.25) is 14.6 Å². The number of halogens is 1. The second kappa shape index (κ2) is 8.88. The zero-order chi connectivity index (χ0) is 21.0. The van der Waals surface area contributed by atoms with Crippen LogP contribution in [0.25, 0.3) is 0 Å². The predicted octanol–water partition coefficient (Wildman–Crippen LogP) is 3.90. The van der Waals surface area contributed by atoms with E-state index < -0.39 is 5.41 Å². The molecule has 0 aromatic heterocycles. The Hall–Kier alpha value is -2.51. The molecule has 0 saturated carbocycles. The van der Waals surface area contributed by atoms with E-state index in [9.17, 15) is 9.59 Å². The third kappa shape index (κ3) is 4.74. The molecule has 0 fully saturated rings. The van der Waals surface area contributed by atoms with Crippen molar-refractivity contribution in [3.8, 4) is 0 Å². The largest absolute Gasteiger partial charge is 0.468 e. The highest BCUT2D eigenvalue weighted by Crippen LogP contribution is 2.33. The first-order chi connectivity index (χ1) is 13.9. The van der Waals surface area contributed by atoms with Crippen molar-refractivity contribution < 1.29 is 14.3 Å². The third-order valence-corrected chi connectivity index (χ3v) is 5.71. The number of hydrogen-bond acceptors (Lipinski definition) is 6. The Morgan fingerprint density at radius 2 is 1.86 bits per heavy atom. The van der Waals surface area contributed by atoms with E-state index in [0.717, 1.165) is 10.5 Å². The normalized spacial score (nSPS) is 18.3. The van der Waals surface area contributed by atoms with Crippen LogP contribution in [0.4, 0.5) is 5.69 Å². The number of nitrogens with zero attached hydrogens (tertiary/aromatic N) is 2. The summed E-state index contributed by atoms with van der Waals surface area (Å²) in [5.74, 6) is -0.618. The Morgan fingerprint density at radius 1 is 1.21 bits per heavy atom. The summed E-state index contributed by atoms with van der Waals surface area (Å²) in [6, 6.07) is 14.7. The molecule has 1 atom stereocenters. The van der Waals surface area contributed by atoms with Crippen molar-refractivity contribution in [2.24, 2.45) is 10.5 Å². The van der Waals surface area contributed by atoms with Crippen LogP contribution < -0.4 is 5.32 Å². The number of carbonyl (C=O) groups is 2. The van der Waals surface area contributed by atoms with Crippen molar-refractivity contribution in [2.75, 3.05) is 31.8 Å². The molecular weight excluding hydrogens is 410 g/mol. The number of benzene rings is 2. The number of anilines is 1. The second-order valence-electron chi connectivity index (χ2n) is 6.88. The lowest BCUT2D eigenvalue weighted by molar-refractivity contribution is -0.148. The van der Waals surface area contributed by atoms with Crippen LogP contribution >= 0.6 is 23.4 Å². The van der Waals surface area contributed by atoms with Crippen LogP contribution in [0.1, 0.15) is 12.5 Å². The van der Waals surface area contributed by atoms with E-state index in [1.807, 2.05) is 30.5 Å². The van der Waals surface area contributed by atoms with Gasteiger partial charge in [-0.05, 0) is 55.1 Å². The van der Waals surface area contributed by atoms with Gasteiger partial charge in [0.15, 0.2) is 0 Å². The Kier molecular flexibility index (Phi) is 6.49. The molecule has 8 heteroatoms. The quantitative estimate of drug-likeness (QED) is 0.554. The molecule has 1 aliphatic heterocycles. The van der Waals surface area contributed by atoms with Crippen molar-refractivity contribution >= 4 is 46.6 Å². The molecule has 0 saturated heterocycles. The molecule has 0 aliphatic carbocycles. The van der Waals surface area contributed by atoms with Gasteiger partial charge in [-0.1, -0.05) is 23.7 Å². The number of ether oxygens (including phenoxy) is 1. The SMILES string of the molecule is COC(=O)C1(C)CN(CC(=O)Nc2ccc(Cl)cc2)N=C1c1ccc(SC)cc1. The fourth-order valence-corrected chi connectivity index (χ4v) is 3.76. The number of carbonyl (C=O) groups excluding carboxylic acids is 2. The number of methoxy groups -OCH3 is 1. The molecule has 152 valence electrons. The average molecular weight is 432 g/mol. The lowest BCUT2D eigenvalue weighted by Crippen LogP contribution is -2.41. The predicted molar refractivity (Wildman–Crippen MR) is 117 cm³/mol. The van der Waals surface area contributed by atoms with E-state index in [-0.39, 0.29) is 25.0 Å². The van der Waals surface area contributed by atoms with Crippen molar-refractivity contribution in [1.29, 1.82) is 0 Å². The number of hydrazone groups is 1. The minimum atomic E-state index is -0.962. The molecule has 1 unspecified atom stereocenters. The first kappa shape index (κ1) is 21.2. The number of nitrogens with one attached hydrogen (secondary N) is 1. The maximum Gasteiger partial charge on any atom is 0.319 e. The molecule has 0 spiro atoms. The van der Waals surface area contributed by atoms with Gasteiger partial charge < -0.3 is 10.1 Å². The Labute approximate surface area is 179 Å². The molecule has 0 bridgehead atoms. The molecule has 2 aromatic rings. The molecule has 6 nitrogen and oxygen atoms in total. The summed E-state index contributed by atoms with van der Waals surface area (Å²) in [4.78, 5) is 26.1. The van der Waals surface area contributed by atoms with E-state index in [1.54, 1.807) is 48.0 Å². The van der Waals surface area contributed by atoms with Gasteiger partial charge in [-0.15, -0.1) is 11.8 Å². The van der Waals surface area contributed by atoms with Crippen molar-refractivity contribution in [3.63, 3.8) is 0 Å². The lowest BCUT2D eigenvalue weighted by atomic mass is 9.82. The lowest BCUT2D eigenvalue weighted by Gasteiger charge is -2.23. The van der Waals surface area contributed by atoms with Crippen molar-refractivity contribution in [1.82, 2.24) is 5.01 Å². The monoisotopic (exact) mass is 431 g/mol. The highest BCUT2D eigenvalue weighted by Gasteiger charge is 2.47. The maximum atomic E-state index is 12.6. The first-order valence-electron chi connectivity index (χ1n) is 8.98. The highest BCUT2D eigenvalue weighted by molar-refractivity contribution is 7.98. The van der Waals surface area contributed by atoms with Gasteiger partial charge >= 0.3 is 5.97 Å². The minimum absolute atomic E-state index is 0.0155. The topological polar surface area (TPSA) is 71.0 Å². The van der Waals surface area contributed by atoms with Crippen LogP contribution in [0.5, 0.6) is 0 Å². The summed E-state index contributed by atoms with van der Waals surface area (Å²) in [5, 5.41) is 9.59. The van der Waals surface area contributed by atoms with Crippen LogP contribution in [-0.4, -0.2) is 49.1 Å². The number of amides is 1. The molecule has 3 rings (SSSR count). The molecule has 1 N–H and O–H groups in total. The zero-order valence-corrected chi connectivity index (χ0v) is 18.0. The van der Waals surface area contributed by atoms with Gasteiger partial charge in [0.1, 0.15) is 12.0 Å². The van der Waals surface area contributed by atoms with Gasteiger partial charge in [-0.2, -0.15) is 5.10 Å². The summed E-state index contributed by atoms with van der Waals surface area (Å²) < 4.78 is 5.03. The minimum Gasteiger partial charge on any atom is -0.468 e. The average Bonchev–Trinajstić information content (AvgIpc) is 3.06. The zero-order valence-electron chi connectivity index (χ0n) is 16.4. The summed E-state index contributed by atoms with van der Waals surface area (Å²) >= 11 is 7.51. The van der Waals surface area contributed by atoms with E-state index in [2.05, 4.69) is 10.4 Å². The van der Waals surface area contributed by atoms with Gasteiger partial charge in [0.2, 0.25) is 5.91 Å². The van der Waals surface area contributed by atoms with Crippen molar-refractivity contribution in [3.05, 3.63) is 59.1 Å². The van der Waals surface area contributed by atoms with E-state index in [4.69, 9.17) is 16.3 Å². The van der Waals surface area contributed by atoms with Gasteiger partial charge in [0.25, 0.3) is 0 Å². The molecule has 2 aromatic carbocycles. The van der Waals surface area contributed by atoms with E-state index >= 15 is 0 Å². The fraction of sp³-hybridized carbons (Fsp3) is 0.286. The summed E-state index contributed by atoms with van der Waals surface area (Å²) in [6.07, 6.45) is 2.00. The number of rotatable bonds is 6. The molecule has 1 heterocycles. The summed E-state index contributed by atoms with van der Waals surface area (Å²) in [5.41, 5.74) is 1.11. The van der Waals surface area contributed by atoms with Crippen LogP contribution in [0.3, 0.4) is 0 Å². The van der Waals surface area contributed by atoms with Crippen LogP contribution in [-0.2, 0) is 14.3 Å². The Morgan fingerprint density at radius 3 is 2.45 bits per heavy atom. The third-order valence-electron chi connectivity index (χ3n) is 4.72. The summed E-state index contributed by atoms with van der Waals surface area (Å²) in [7, 11) is 1.36. The smallest absolute Gasteiger partial charge is 0.319 e. The van der Waals surface area contributed by atoms with Crippen LogP contribution in [0.2, 0.25) is 5.02 Å². The standard InChI is InChI=1S/C21H22ClN3O3S/c1-21(20(27)28-2)13-25(12-18(26)23-16-8-6-15(22)7-9-16)24-19(21)14-4-10-17(29-3)11-5-14/h4-11H,12-13H2,1-3H3,(H,23,26). The Bertz CT molecular complexity index is 931. The Balaban J connectivity index is 1.80. The number of esters is 1.